The number of benzene rings is 1. The zero-order valence-electron chi connectivity index (χ0n) is 5.47. The van der Waals surface area contributed by atoms with E-state index in [1.54, 1.807) is 18.2 Å². The molecule has 11 heavy (non-hydrogen) atoms. The Morgan fingerprint density at radius 2 is 1.73 bits per heavy atom. The van der Waals surface area contributed by atoms with E-state index in [1.807, 2.05) is 0 Å². The van der Waals surface area contributed by atoms with E-state index >= 15 is 0 Å². The van der Waals surface area contributed by atoms with Crippen LogP contribution in [-0.2, 0) is 4.79 Å². The maximum Gasteiger partial charge on any atom is 0.211 e. The zero-order chi connectivity index (χ0) is 8.27. The first-order valence-electron chi connectivity index (χ1n) is 2.88. The molecule has 1 rings (SSSR count). The summed E-state index contributed by atoms with van der Waals surface area (Å²) >= 11 is 11.3. The van der Waals surface area contributed by atoms with Crippen molar-refractivity contribution < 1.29 is 4.79 Å². The van der Waals surface area contributed by atoms with Crippen molar-refractivity contribution in [3.63, 3.8) is 0 Å². The van der Waals surface area contributed by atoms with Crippen LogP contribution in [0.3, 0.4) is 0 Å². The molecule has 0 saturated carbocycles. The Balaban J connectivity index is 2.98. The van der Waals surface area contributed by atoms with Crippen molar-refractivity contribution in [1.82, 2.24) is 0 Å². The molecule has 1 amide bonds. The lowest BCUT2D eigenvalue weighted by atomic mass is 10.3. The lowest BCUT2D eigenvalue weighted by Gasteiger charge is -1.99. The largest absolute Gasteiger partial charge is 0.329 e. The fraction of sp³-hybridized carbons (Fsp3) is 0. The molecule has 1 aromatic carbocycles. The van der Waals surface area contributed by atoms with Gasteiger partial charge in [0, 0.05) is 15.7 Å². The van der Waals surface area contributed by atoms with E-state index in [-0.39, 0.29) is 0 Å². The van der Waals surface area contributed by atoms with E-state index in [9.17, 15) is 4.79 Å². The first kappa shape index (κ1) is 8.37. The van der Waals surface area contributed by atoms with Gasteiger partial charge in [0.05, 0.1) is 0 Å². The molecule has 1 aromatic rings. The minimum Gasteiger partial charge on any atom is -0.329 e. The van der Waals surface area contributed by atoms with Crippen LogP contribution in [0.4, 0.5) is 5.69 Å². The van der Waals surface area contributed by atoms with Gasteiger partial charge in [-0.15, -0.1) is 0 Å². The maximum absolute atomic E-state index is 10.00. The third-order valence-corrected chi connectivity index (χ3v) is 1.52. The molecular weight excluding hydrogens is 185 g/mol. The van der Waals surface area contributed by atoms with E-state index in [0.29, 0.717) is 22.1 Å². The van der Waals surface area contributed by atoms with Gasteiger partial charge in [0.15, 0.2) is 0 Å². The van der Waals surface area contributed by atoms with Crippen molar-refractivity contribution >= 4 is 35.3 Å². The molecular formula is C7H5Cl2NO. The van der Waals surface area contributed by atoms with Gasteiger partial charge in [0.25, 0.3) is 0 Å². The molecule has 0 spiro atoms. The lowest BCUT2D eigenvalue weighted by molar-refractivity contribution is -0.105. The highest BCUT2D eigenvalue weighted by molar-refractivity contribution is 6.35. The predicted octanol–water partition coefficient (Wildman–Crippen LogP) is 2.56. The van der Waals surface area contributed by atoms with Crippen LogP contribution >= 0.6 is 23.2 Å². The summed E-state index contributed by atoms with van der Waals surface area (Å²) in [6.45, 7) is 0. The molecule has 0 bridgehead atoms. The van der Waals surface area contributed by atoms with Crippen LogP contribution in [0.25, 0.3) is 0 Å². The van der Waals surface area contributed by atoms with Gasteiger partial charge in [0.1, 0.15) is 0 Å². The molecule has 0 aliphatic carbocycles. The summed E-state index contributed by atoms with van der Waals surface area (Å²) in [5.41, 5.74) is 0.595. The van der Waals surface area contributed by atoms with Crippen LogP contribution in [0.15, 0.2) is 18.2 Å². The van der Waals surface area contributed by atoms with E-state index in [2.05, 4.69) is 5.32 Å². The number of anilines is 1. The summed E-state index contributed by atoms with van der Waals surface area (Å²) < 4.78 is 0. The molecule has 0 fully saturated rings. The molecule has 2 nitrogen and oxygen atoms in total. The second-order valence-electron chi connectivity index (χ2n) is 1.92. The summed E-state index contributed by atoms with van der Waals surface area (Å²) in [7, 11) is 0. The summed E-state index contributed by atoms with van der Waals surface area (Å²) in [4.78, 5) is 10.00. The standard InChI is InChI=1S/C7H5Cl2NO/c8-5-1-6(9)3-7(2-5)10-4-11/h1-4H,(H,10,11). The third-order valence-electron chi connectivity index (χ3n) is 1.09. The first-order chi connectivity index (χ1) is 5.22. The summed E-state index contributed by atoms with van der Waals surface area (Å²) in [5.74, 6) is 0. The third kappa shape index (κ3) is 2.41. The highest BCUT2D eigenvalue weighted by Crippen LogP contribution is 2.21. The Hall–Kier alpha value is -0.730. The normalized spacial score (nSPS) is 9.27. The molecule has 0 aromatic heterocycles. The Morgan fingerprint density at radius 1 is 1.18 bits per heavy atom. The number of amides is 1. The molecule has 0 aliphatic heterocycles. The maximum atomic E-state index is 10.00. The van der Waals surface area contributed by atoms with Crippen molar-refractivity contribution in [2.24, 2.45) is 0 Å². The lowest BCUT2D eigenvalue weighted by Crippen LogP contribution is -1.92. The minimum atomic E-state index is 0.502. The van der Waals surface area contributed by atoms with Gasteiger partial charge in [0.2, 0.25) is 6.41 Å². The van der Waals surface area contributed by atoms with E-state index < -0.39 is 0 Å². The molecule has 0 heterocycles. The molecule has 0 radical (unpaired) electrons. The smallest absolute Gasteiger partial charge is 0.211 e. The van der Waals surface area contributed by atoms with Crippen LogP contribution in [0.1, 0.15) is 0 Å². The van der Waals surface area contributed by atoms with E-state index in [4.69, 9.17) is 23.2 Å². The fourth-order valence-corrected chi connectivity index (χ4v) is 1.23. The van der Waals surface area contributed by atoms with Crippen molar-refractivity contribution in [3.05, 3.63) is 28.2 Å². The minimum absolute atomic E-state index is 0.502. The van der Waals surface area contributed by atoms with Gasteiger partial charge in [-0.3, -0.25) is 4.79 Å². The number of rotatable bonds is 2. The van der Waals surface area contributed by atoms with E-state index in [1.165, 1.54) is 0 Å². The van der Waals surface area contributed by atoms with Gasteiger partial charge in [-0.1, -0.05) is 23.2 Å². The van der Waals surface area contributed by atoms with Crippen LogP contribution in [-0.4, -0.2) is 6.41 Å². The summed E-state index contributed by atoms with van der Waals surface area (Å²) in [6, 6.07) is 4.82. The van der Waals surface area contributed by atoms with Gasteiger partial charge in [-0.2, -0.15) is 0 Å². The number of hydrogen-bond donors (Lipinski definition) is 1. The SMILES string of the molecule is O=CNc1cc(Cl)cc(Cl)c1. The first-order valence-corrected chi connectivity index (χ1v) is 3.64. The Kier molecular flexibility index (Phi) is 2.74. The Bertz CT molecular complexity index is 255. The molecule has 58 valence electrons. The second-order valence-corrected chi connectivity index (χ2v) is 2.79. The number of carbonyl (C=O) groups is 1. The predicted molar refractivity (Wildman–Crippen MR) is 46.1 cm³/mol. The topological polar surface area (TPSA) is 29.1 Å². The monoisotopic (exact) mass is 189 g/mol. The average Bonchev–Trinajstić information content (AvgIpc) is 1.85. The van der Waals surface area contributed by atoms with Gasteiger partial charge < -0.3 is 5.32 Å². The quantitative estimate of drug-likeness (QED) is 0.713. The van der Waals surface area contributed by atoms with Crippen LogP contribution < -0.4 is 5.32 Å². The molecule has 1 N–H and O–H groups in total. The van der Waals surface area contributed by atoms with Crippen LogP contribution in [0.5, 0.6) is 0 Å². The van der Waals surface area contributed by atoms with Crippen LogP contribution in [0, 0.1) is 0 Å². The number of hydrogen-bond acceptors (Lipinski definition) is 1. The molecule has 0 aliphatic rings. The molecule has 4 heteroatoms. The summed E-state index contributed by atoms with van der Waals surface area (Å²) in [6.07, 6.45) is 0.571. The van der Waals surface area contributed by atoms with Crippen molar-refractivity contribution in [2.45, 2.75) is 0 Å². The number of nitrogens with one attached hydrogen (secondary N) is 1. The Labute approximate surface area is 74.1 Å². The highest BCUT2D eigenvalue weighted by Gasteiger charge is 1.95. The van der Waals surface area contributed by atoms with Crippen molar-refractivity contribution in [3.8, 4) is 0 Å². The fourth-order valence-electron chi connectivity index (χ4n) is 0.705. The van der Waals surface area contributed by atoms with Gasteiger partial charge >= 0.3 is 0 Å². The Morgan fingerprint density at radius 3 is 2.18 bits per heavy atom. The molecule has 0 unspecified atom stereocenters. The van der Waals surface area contributed by atoms with E-state index in [0.717, 1.165) is 0 Å². The molecule has 0 saturated heterocycles. The number of halogens is 2. The van der Waals surface area contributed by atoms with Crippen molar-refractivity contribution in [2.75, 3.05) is 5.32 Å². The molecule has 0 atom stereocenters. The summed E-state index contributed by atoms with van der Waals surface area (Å²) in [5, 5.41) is 3.44. The second kappa shape index (κ2) is 3.60. The zero-order valence-corrected chi connectivity index (χ0v) is 6.99. The highest BCUT2D eigenvalue weighted by atomic mass is 35.5. The van der Waals surface area contributed by atoms with Crippen LogP contribution in [0.2, 0.25) is 10.0 Å². The van der Waals surface area contributed by atoms with Gasteiger partial charge in [-0.05, 0) is 18.2 Å². The van der Waals surface area contributed by atoms with Crippen molar-refractivity contribution in [1.29, 1.82) is 0 Å². The number of carbonyl (C=O) groups excluding carboxylic acids is 1. The van der Waals surface area contributed by atoms with Gasteiger partial charge in [-0.25, -0.2) is 0 Å². The average molecular weight is 190 g/mol.